The molecule has 3 nitrogen and oxygen atoms in total. The van der Waals surface area contributed by atoms with E-state index in [4.69, 9.17) is 9.40 Å². The lowest BCUT2D eigenvalue weighted by atomic mass is 9.92. The Morgan fingerprint density at radius 1 is 0.404 bits per heavy atom. The second-order valence-electron chi connectivity index (χ2n) is 13.1. The molecule has 3 heteroatoms. The second-order valence-corrected chi connectivity index (χ2v) is 13.1. The normalized spacial score (nSPS) is 11.5. The number of oxazole rings is 1. The van der Waals surface area contributed by atoms with Crippen LogP contribution in [0.15, 0.2) is 199 Å². The van der Waals surface area contributed by atoms with Gasteiger partial charge in [-0.3, -0.25) is 0 Å². The number of aromatic nitrogens is 1. The van der Waals surface area contributed by atoms with Crippen molar-refractivity contribution >= 4 is 60.5 Å². The molecule has 0 aliphatic heterocycles. The van der Waals surface area contributed by atoms with Crippen molar-refractivity contribution in [2.24, 2.45) is 0 Å². The molecule has 0 bridgehead atoms. The van der Waals surface area contributed by atoms with Gasteiger partial charge in [0, 0.05) is 27.7 Å². The molecule has 0 radical (unpaired) electrons. The van der Waals surface area contributed by atoms with Crippen molar-refractivity contribution in [3.8, 4) is 33.7 Å². The van der Waals surface area contributed by atoms with E-state index in [-0.39, 0.29) is 0 Å². The molecule has 0 atom stereocenters. The maximum atomic E-state index is 6.68. The van der Waals surface area contributed by atoms with Gasteiger partial charge in [-0.1, -0.05) is 140 Å². The van der Waals surface area contributed by atoms with E-state index in [1.54, 1.807) is 0 Å². The molecular formula is C49H32N2O. The number of hydrogen-bond acceptors (Lipinski definition) is 3. The zero-order valence-electron chi connectivity index (χ0n) is 28.3. The van der Waals surface area contributed by atoms with Gasteiger partial charge in [-0.25, -0.2) is 4.98 Å². The minimum Gasteiger partial charge on any atom is -0.435 e. The Labute approximate surface area is 301 Å². The first-order valence-electron chi connectivity index (χ1n) is 17.6. The van der Waals surface area contributed by atoms with E-state index in [1.807, 2.05) is 30.3 Å². The molecule has 0 spiro atoms. The molecule has 0 amide bonds. The van der Waals surface area contributed by atoms with Crippen LogP contribution in [-0.4, -0.2) is 4.98 Å². The maximum absolute atomic E-state index is 6.68. The summed E-state index contributed by atoms with van der Waals surface area (Å²) in [7, 11) is 0. The average Bonchev–Trinajstić information content (AvgIpc) is 3.67. The van der Waals surface area contributed by atoms with Crippen LogP contribution < -0.4 is 4.90 Å². The monoisotopic (exact) mass is 664 g/mol. The lowest BCUT2D eigenvalue weighted by Gasteiger charge is -2.28. The summed E-state index contributed by atoms with van der Waals surface area (Å²) in [5.74, 6) is 0.621. The number of nitrogens with zero attached hydrogens (tertiary/aromatic N) is 2. The van der Waals surface area contributed by atoms with E-state index in [1.165, 1.54) is 33.0 Å². The van der Waals surface area contributed by atoms with Crippen molar-refractivity contribution < 1.29 is 4.42 Å². The zero-order chi connectivity index (χ0) is 34.4. The molecule has 10 rings (SSSR count). The minimum absolute atomic E-state index is 0.621. The van der Waals surface area contributed by atoms with Crippen LogP contribution in [-0.2, 0) is 0 Å². The van der Waals surface area contributed by atoms with Crippen LogP contribution in [0, 0.1) is 0 Å². The van der Waals surface area contributed by atoms with Gasteiger partial charge >= 0.3 is 0 Å². The molecule has 1 heterocycles. The van der Waals surface area contributed by atoms with Crippen molar-refractivity contribution in [3.63, 3.8) is 0 Å². The van der Waals surface area contributed by atoms with Gasteiger partial charge in [0.15, 0.2) is 5.58 Å². The van der Waals surface area contributed by atoms with Crippen LogP contribution in [0.2, 0.25) is 0 Å². The Morgan fingerprint density at radius 2 is 1.02 bits per heavy atom. The fourth-order valence-electron chi connectivity index (χ4n) is 7.67. The summed E-state index contributed by atoms with van der Waals surface area (Å²) in [5, 5.41) is 6.82. The third-order valence-corrected chi connectivity index (χ3v) is 10.1. The lowest BCUT2D eigenvalue weighted by Crippen LogP contribution is -2.10. The van der Waals surface area contributed by atoms with Gasteiger partial charge in [0.2, 0.25) is 5.89 Å². The maximum Gasteiger partial charge on any atom is 0.227 e. The first-order chi connectivity index (χ1) is 25.8. The highest BCUT2D eigenvalue weighted by atomic mass is 16.3. The third-order valence-electron chi connectivity index (χ3n) is 10.1. The third kappa shape index (κ3) is 5.02. The van der Waals surface area contributed by atoms with Crippen molar-refractivity contribution in [3.05, 3.63) is 194 Å². The predicted octanol–water partition coefficient (Wildman–Crippen LogP) is 13.8. The topological polar surface area (TPSA) is 29.3 Å². The number of anilines is 3. The molecule has 0 aliphatic rings. The standard InChI is InChI=1S/C49H32N2O/c1-5-15-33(16-6-1)39-23-13-25-42-40(39)24-14-26-46(42)51(37-21-11-4-12-22-37)38-28-29-41-43(34-17-7-2-8-18-34)31-36-27-30-45-48(47(36)44(41)32-38)52-49(50-45)35-19-9-3-10-20-35/h1-32H. The Balaban J connectivity index is 1.27. The predicted molar refractivity (Wildman–Crippen MR) is 218 cm³/mol. The van der Waals surface area contributed by atoms with Crippen LogP contribution >= 0.6 is 0 Å². The van der Waals surface area contributed by atoms with Gasteiger partial charge in [0.25, 0.3) is 0 Å². The zero-order valence-corrected chi connectivity index (χ0v) is 28.3. The molecule has 0 fully saturated rings. The summed E-state index contributed by atoms with van der Waals surface area (Å²) in [6.07, 6.45) is 0. The Morgan fingerprint density at radius 3 is 1.75 bits per heavy atom. The summed E-state index contributed by atoms with van der Waals surface area (Å²) < 4.78 is 6.68. The van der Waals surface area contributed by atoms with Gasteiger partial charge in [-0.2, -0.15) is 0 Å². The molecule has 0 aliphatic carbocycles. The molecule has 0 saturated carbocycles. The summed E-state index contributed by atoms with van der Waals surface area (Å²) in [5.41, 5.74) is 10.6. The van der Waals surface area contributed by atoms with E-state index in [2.05, 4.69) is 169 Å². The molecule has 244 valence electrons. The Kier molecular flexibility index (Phi) is 7.14. The van der Waals surface area contributed by atoms with Gasteiger partial charge < -0.3 is 9.32 Å². The molecule has 1 aromatic heterocycles. The van der Waals surface area contributed by atoms with Crippen LogP contribution in [0.4, 0.5) is 17.1 Å². The largest absolute Gasteiger partial charge is 0.435 e. The molecule has 52 heavy (non-hydrogen) atoms. The van der Waals surface area contributed by atoms with Gasteiger partial charge in [-0.05, 0) is 98.4 Å². The van der Waals surface area contributed by atoms with E-state index >= 15 is 0 Å². The second kappa shape index (κ2) is 12.4. The lowest BCUT2D eigenvalue weighted by molar-refractivity contribution is 0.623. The minimum atomic E-state index is 0.621. The van der Waals surface area contributed by atoms with E-state index in [0.29, 0.717) is 5.89 Å². The molecule has 9 aromatic carbocycles. The number of para-hydroxylation sites is 1. The number of fused-ring (bicyclic) bond motifs is 6. The Bertz CT molecular complexity index is 2880. The smallest absolute Gasteiger partial charge is 0.227 e. The van der Waals surface area contributed by atoms with Crippen molar-refractivity contribution in [1.82, 2.24) is 4.98 Å². The van der Waals surface area contributed by atoms with E-state index in [0.717, 1.165) is 55.3 Å². The van der Waals surface area contributed by atoms with Crippen molar-refractivity contribution in [2.45, 2.75) is 0 Å². The highest BCUT2D eigenvalue weighted by Crippen LogP contribution is 2.45. The molecular weight excluding hydrogens is 633 g/mol. The first kappa shape index (κ1) is 29.9. The fourth-order valence-corrected chi connectivity index (χ4v) is 7.67. The SMILES string of the molecule is c1ccc(-c2nc3ccc4cc(-c5ccccc5)c5ccc(N(c6ccccc6)c6cccc7c(-c8ccccc8)cccc67)cc5c4c3o2)cc1. The van der Waals surface area contributed by atoms with E-state index < -0.39 is 0 Å². The average molecular weight is 665 g/mol. The number of hydrogen-bond donors (Lipinski definition) is 0. The highest BCUT2D eigenvalue weighted by molar-refractivity contribution is 6.22. The summed E-state index contributed by atoms with van der Waals surface area (Å²) >= 11 is 0. The molecule has 0 N–H and O–H groups in total. The number of benzene rings is 9. The van der Waals surface area contributed by atoms with Gasteiger partial charge in [-0.15, -0.1) is 0 Å². The molecule has 0 saturated heterocycles. The molecule has 10 aromatic rings. The summed E-state index contributed by atoms with van der Waals surface area (Å²) in [6, 6.07) is 68.7. The fraction of sp³-hybridized carbons (Fsp3) is 0. The van der Waals surface area contributed by atoms with Crippen LogP contribution in [0.5, 0.6) is 0 Å². The molecule has 0 unspecified atom stereocenters. The van der Waals surface area contributed by atoms with Crippen LogP contribution in [0.3, 0.4) is 0 Å². The summed E-state index contributed by atoms with van der Waals surface area (Å²) in [4.78, 5) is 7.35. The van der Waals surface area contributed by atoms with Crippen molar-refractivity contribution in [1.29, 1.82) is 0 Å². The quantitative estimate of drug-likeness (QED) is 0.166. The van der Waals surface area contributed by atoms with Gasteiger partial charge in [0.1, 0.15) is 5.52 Å². The van der Waals surface area contributed by atoms with Crippen LogP contribution in [0.25, 0.3) is 77.1 Å². The number of rotatable bonds is 6. The van der Waals surface area contributed by atoms with Crippen LogP contribution in [0.1, 0.15) is 0 Å². The Hall–Kier alpha value is -6.97. The highest BCUT2D eigenvalue weighted by Gasteiger charge is 2.20. The van der Waals surface area contributed by atoms with E-state index in [9.17, 15) is 0 Å². The first-order valence-corrected chi connectivity index (χ1v) is 17.6. The summed E-state index contributed by atoms with van der Waals surface area (Å²) in [6.45, 7) is 0. The van der Waals surface area contributed by atoms with Crippen molar-refractivity contribution in [2.75, 3.05) is 4.90 Å². The van der Waals surface area contributed by atoms with Gasteiger partial charge in [0.05, 0.1) is 5.69 Å².